The van der Waals surface area contributed by atoms with Gasteiger partial charge < -0.3 is 44.4 Å². The Kier molecular flexibility index (Phi) is 15.2. The third-order valence-corrected chi connectivity index (χ3v) is 7.01. The summed E-state index contributed by atoms with van der Waals surface area (Å²) in [6.45, 7) is 0.258. The van der Waals surface area contributed by atoms with E-state index in [0.717, 1.165) is 11.1 Å². The van der Waals surface area contributed by atoms with Gasteiger partial charge >= 0.3 is 12.1 Å². The summed E-state index contributed by atoms with van der Waals surface area (Å²) in [7, 11) is 0. The van der Waals surface area contributed by atoms with Crippen LogP contribution in [0.15, 0.2) is 78.0 Å². The molecule has 1 unspecified atom stereocenters. The molecular weight excluding hydrogens is 661 g/mol. The highest BCUT2D eigenvalue weighted by atomic mass is 19.4. The number of guanidine groups is 1. The first-order chi connectivity index (χ1) is 23.5. The number of benzene rings is 2. The van der Waals surface area contributed by atoms with E-state index in [0.29, 0.717) is 29.7 Å². The van der Waals surface area contributed by atoms with Crippen molar-refractivity contribution in [3.05, 3.63) is 95.3 Å². The van der Waals surface area contributed by atoms with E-state index in [-0.39, 0.29) is 31.2 Å². The molecule has 0 spiro atoms. The third kappa shape index (κ3) is 13.9. The number of nitrogens with two attached hydrogens (primary N) is 5. The van der Waals surface area contributed by atoms with Gasteiger partial charge in [0.25, 0.3) is 0 Å². The number of pyridine rings is 1. The summed E-state index contributed by atoms with van der Waals surface area (Å²) in [6.07, 6.45) is -0.857. The number of primary amides is 1. The zero-order chi connectivity index (χ0) is 37.4. The maximum absolute atomic E-state index is 13.9. The number of aliphatic imine (C=N–C) groups is 1. The van der Waals surface area contributed by atoms with E-state index in [4.69, 9.17) is 44.0 Å². The van der Waals surface area contributed by atoms with Crippen molar-refractivity contribution >= 4 is 41.2 Å². The molecule has 1 aromatic heterocycles. The molecule has 2 aromatic carbocycles. The van der Waals surface area contributed by atoms with Crippen LogP contribution < -0.4 is 39.3 Å². The van der Waals surface area contributed by atoms with E-state index >= 15 is 0 Å². The average Bonchev–Trinajstić information content (AvgIpc) is 3.05. The molecule has 0 radical (unpaired) electrons. The molecule has 0 fully saturated rings. The lowest BCUT2D eigenvalue weighted by Gasteiger charge is -2.25. The van der Waals surface area contributed by atoms with E-state index in [9.17, 15) is 27.6 Å². The van der Waals surface area contributed by atoms with Gasteiger partial charge in [0.1, 0.15) is 17.9 Å². The quantitative estimate of drug-likeness (QED) is 0.0462. The van der Waals surface area contributed by atoms with Crippen molar-refractivity contribution < 1.29 is 37.5 Å². The fourth-order valence-corrected chi connectivity index (χ4v) is 4.43. The van der Waals surface area contributed by atoms with Crippen LogP contribution in [0.2, 0.25) is 0 Å². The van der Waals surface area contributed by atoms with Crippen LogP contribution in [0, 0.1) is 5.41 Å². The summed E-state index contributed by atoms with van der Waals surface area (Å²) in [6, 6.07) is 15.4. The van der Waals surface area contributed by atoms with Gasteiger partial charge in [-0.3, -0.25) is 29.8 Å². The van der Waals surface area contributed by atoms with Crippen molar-refractivity contribution in [2.75, 3.05) is 12.3 Å². The molecule has 3 amide bonds. The standard InChI is InChI=1S/C30H38N10O3.C2HF3O2/c31-22-11-7-19(8-12-22)16-25(29(43)39-24(27(34)41)4-2-14-38-30(35)36)40-28(42)23(21-3-1-13-37-17-21)15-18-5-9-20(10-6-18)26(32)33;3-2(4,5)1(6)7/h1,3,5-13,17,23-25H,2,4,14-16,31H2,(H3,32,33)(H2,34,41)(H,39,43)(H,40,42)(H4,35,36,38);(H,6,7)/t23-,24?,25-;/m0./s1. The van der Waals surface area contributed by atoms with Gasteiger partial charge in [-0.25, -0.2) is 4.79 Å². The number of amidine groups is 1. The number of carboxylic acids is 1. The number of nitrogens with zero attached hydrogens (tertiary/aromatic N) is 2. The summed E-state index contributed by atoms with van der Waals surface area (Å²) in [5.41, 5.74) is 31.0. The van der Waals surface area contributed by atoms with Crippen molar-refractivity contribution in [1.82, 2.24) is 15.6 Å². The van der Waals surface area contributed by atoms with Crippen molar-refractivity contribution in [1.29, 1.82) is 5.41 Å². The number of anilines is 1. The second-order valence-electron chi connectivity index (χ2n) is 10.9. The monoisotopic (exact) mass is 700 g/mol. The van der Waals surface area contributed by atoms with Gasteiger partial charge in [-0.15, -0.1) is 0 Å². The highest BCUT2D eigenvalue weighted by Gasteiger charge is 2.38. The van der Waals surface area contributed by atoms with Gasteiger partial charge in [-0.2, -0.15) is 13.2 Å². The molecule has 3 aromatic rings. The zero-order valence-electron chi connectivity index (χ0n) is 26.7. The molecular formula is C32H39F3N10O5. The Morgan fingerprint density at radius 1 is 0.860 bits per heavy atom. The summed E-state index contributed by atoms with van der Waals surface area (Å²) in [4.78, 5) is 56.5. The van der Waals surface area contributed by atoms with Gasteiger partial charge in [-0.05, 0) is 54.2 Å². The first-order valence-corrected chi connectivity index (χ1v) is 14.9. The van der Waals surface area contributed by atoms with E-state index < -0.39 is 47.9 Å². The predicted octanol–water partition coefficient (Wildman–Crippen LogP) is 0.659. The molecule has 0 bridgehead atoms. The summed E-state index contributed by atoms with van der Waals surface area (Å²) < 4.78 is 31.7. The molecule has 0 aliphatic heterocycles. The number of nitrogens with one attached hydrogen (secondary N) is 3. The highest BCUT2D eigenvalue weighted by molar-refractivity contribution is 5.95. The molecule has 0 saturated carbocycles. The smallest absolute Gasteiger partial charge is 0.475 e. The first kappa shape index (κ1) is 40.0. The number of carbonyl (C=O) groups excluding carboxylic acids is 3. The Morgan fingerprint density at radius 2 is 1.42 bits per heavy atom. The van der Waals surface area contributed by atoms with Gasteiger partial charge in [-0.1, -0.05) is 42.5 Å². The van der Waals surface area contributed by atoms with E-state index in [1.54, 1.807) is 73.1 Å². The number of halogens is 3. The van der Waals surface area contributed by atoms with Crippen LogP contribution in [0.1, 0.15) is 41.0 Å². The first-order valence-electron chi connectivity index (χ1n) is 14.9. The van der Waals surface area contributed by atoms with E-state index in [1.807, 2.05) is 0 Å². The van der Waals surface area contributed by atoms with Crippen molar-refractivity contribution in [2.45, 2.75) is 49.9 Å². The maximum atomic E-state index is 13.9. The van der Waals surface area contributed by atoms with Gasteiger partial charge in [0.05, 0.1) is 5.92 Å². The minimum atomic E-state index is -5.08. The fraction of sp³-hybridized carbons (Fsp3) is 0.281. The Labute approximate surface area is 285 Å². The molecule has 14 N–H and O–H groups in total. The number of carbonyl (C=O) groups is 4. The summed E-state index contributed by atoms with van der Waals surface area (Å²) in [5, 5.41) is 20.3. The van der Waals surface area contributed by atoms with Crippen LogP contribution in [0.5, 0.6) is 0 Å². The fourth-order valence-electron chi connectivity index (χ4n) is 4.43. The predicted molar refractivity (Wildman–Crippen MR) is 179 cm³/mol. The average molecular weight is 701 g/mol. The molecule has 0 aliphatic rings. The minimum absolute atomic E-state index is 0.0601. The number of aromatic nitrogens is 1. The molecule has 3 rings (SSSR count). The lowest BCUT2D eigenvalue weighted by atomic mass is 9.91. The van der Waals surface area contributed by atoms with Crippen LogP contribution in [0.4, 0.5) is 18.9 Å². The number of rotatable bonds is 15. The Hall–Kier alpha value is -6.20. The summed E-state index contributed by atoms with van der Waals surface area (Å²) >= 11 is 0. The minimum Gasteiger partial charge on any atom is -0.475 e. The van der Waals surface area contributed by atoms with Crippen LogP contribution in [-0.2, 0) is 32.0 Å². The number of hydrogen-bond donors (Lipinski definition) is 9. The van der Waals surface area contributed by atoms with Crippen LogP contribution in [0.3, 0.4) is 0 Å². The van der Waals surface area contributed by atoms with Crippen molar-refractivity contribution in [3.63, 3.8) is 0 Å². The lowest BCUT2D eigenvalue weighted by Crippen LogP contribution is -2.54. The molecule has 3 atom stereocenters. The van der Waals surface area contributed by atoms with E-state index in [2.05, 4.69) is 20.6 Å². The number of carboxylic acid groups (broad SMARTS) is 1. The number of amides is 3. The maximum Gasteiger partial charge on any atom is 0.490 e. The largest absolute Gasteiger partial charge is 0.490 e. The Balaban J connectivity index is 0.00000112. The number of alkyl halides is 3. The molecule has 1 heterocycles. The zero-order valence-corrected chi connectivity index (χ0v) is 26.7. The third-order valence-electron chi connectivity index (χ3n) is 7.01. The molecule has 268 valence electrons. The lowest BCUT2D eigenvalue weighted by molar-refractivity contribution is -0.192. The molecule has 0 aliphatic carbocycles. The summed E-state index contributed by atoms with van der Waals surface area (Å²) in [5.74, 6) is -5.32. The van der Waals surface area contributed by atoms with Crippen LogP contribution in [0.25, 0.3) is 0 Å². The highest BCUT2D eigenvalue weighted by Crippen LogP contribution is 2.22. The number of aliphatic carboxylic acids is 1. The second-order valence-corrected chi connectivity index (χ2v) is 10.9. The number of nitrogen functional groups attached to an aromatic ring is 2. The normalized spacial score (nSPS) is 12.5. The van der Waals surface area contributed by atoms with Gasteiger partial charge in [0, 0.05) is 36.6 Å². The molecule has 0 saturated heterocycles. The Bertz CT molecular complexity index is 1630. The van der Waals surface area contributed by atoms with Crippen LogP contribution in [-0.4, -0.2) is 70.4 Å². The van der Waals surface area contributed by atoms with Gasteiger partial charge in [0.15, 0.2) is 5.96 Å². The topological polar surface area (TPSA) is 292 Å². The number of hydrogen-bond acceptors (Lipinski definition) is 8. The Morgan fingerprint density at radius 3 is 1.92 bits per heavy atom. The van der Waals surface area contributed by atoms with E-state index in [1.165, 1.54) is 0 Å². The SMILES string of the molecule is N=C(N)c1ccc(C[C@H](C(=O)N[C@@H](Cc2ccc(N)cc2)C(=O)NC(CCCN=C(N)N)C(N)=O)c2cccnc2)cc1.O=C(O)C(F)(F)F. The molecule has 18 heteroatoms. The molecule has 50 heavy (non-hydrogen) atoms. The van der Waals surface area contributed by atoms with Crippen molar-refractivity contribution in [2.24, 2.45) is 27.9 Å². The van der Waals surface area contributed by atoms with Crippen LogP contribution >= 0.6 is 0 Å². The second kappa shape index (κ2) is 19.0. The van der Waals surface area contributed by atoms with Gasteiger partial charge in [0.2, 0.25) is 17.7 Å². The van der Waals surface area contributed by atoms with Crippen molar-refractivity contribution in [3.8, 4) is 0 Å². The molecule has 15 nitrogen and oxygen atoms in total.